The van der Waals surface area contributed by atoms with Crippen LogP contribution < -0.4 is 4.74 Å². The Morgan fingerprint density at radius 1 is 0.564 bits per heavy atom. The first-order valence-corrected chi connectivity index (χ1v) is 16.2. The zero-order chi connectivity index (χ0) is 27.8. The SMILES string of the molecule is CCCCCCCCCCCCCCCCCCN(C)CCCCOc1ccc(C(=O)c2ccccc2)cc1. The molecular weight excluding hydrogens is 478 g/mol. The fourth-order valence-electron chi connectivity index (χ4n) is 5.17. The number of hydrogen-bond donors (Lipinski definition) is 0. The maximum atomic E-state index is 12.5. The molecule has 0 saturated heterocycles. The van der Waals surface area contributed by atoms with Gasteiger partial charge in [0.1, 0.15) is 5.75 Å². The van der Waals surface area contributed by atoms with E-state index < -0.39 is 0 Å². The van der Waals surface area contributed by atoms with Gasteiger partial charge in [0, 0.05) is 11.1 Å². The van der Waals surface area contributed by atoms with Crippen molar-refractivity contribution in [2.75, 3.05) is 26.7 Å². The van der Waals surface area contributed by atoms with Gasteiger partial charge >= 0.3 is 0 Å². The smallest absolute Gasteiger partial charge is 0.193 e. The topological polar surface area (TPSA) is 29.5 Å². The molecule has 0 N–H and O–H groups in total. The van der Waals surface area contributed by atoms with E-state index >= 15 is 0 Å². The monoisotopic (exact) mass is 535 g/mol. The van der Waals surface area contributed by atoms with E-state index in [1.54, 1.807) is 0 Å². The zero-order valence-electron chi connectivity index (χ0n) is 25.3. The van der Waals surface area contributed by atoms with Gasteiger partial charge < -0.3 is 9.64 Å². The Morgan fingerprint density at radius 3 is 1.51 bits per heavy atom. The first kappa shape index (κ1) is 33.1. The van der Waals surface area contributed by atoms with Crippen LogP contribution in [0, 0.1) is 0 Å². The summed E-state index contributed by atoms with van der Waals surface area (Å²) in [6, 6.07) is 16.9. The lowest BCUT2D eigenvalue weighted by Gasteiger charge is -2.16. The number of carbonyl (C=O) groups is 1. The molecule has 2 aromatic carbocycles. The second-order valence-electron chi connectivity index (χ2n) is 11.4. The van der Waals surface area contributed by atoms with Gasteiger partial charge in [-0.1, -0.05) is 134 Å². The molecule has 218 valence electrons. The van der Waals surface area contributed by atoms with Crippen LogP contribution in [0.5, 0.6) is 5.75 Å². The zero-order valence-corrected chi connectivity index (χ0v) is 25.3. The number of benzene rings is 2. The molecule has 0 aliphatic rings. The van der Waals surface area contributed by atoms with Crippen molar-refractivity contribution in [2.45, 2.75) is 122 Å². The second kappa shape index (κ2) is 22.7. The van der Waals surface area contributed by atoms with Gasteiger partial charge in [-0.3, -0.25) is 4.79 Å². The molecule has 0 fully saturated rings. The van der Waals surface area contributed by atoms with Crippen LogP contribution in [-0.4, -0.2) is 37.4 Å². The Labute approximate surface area is 240 Å². The van der Waals surface area contributed by atoms with Crippen LogP contribution in [0.4, 0.5) is 0 Å². The highest BCUT2D eigenvalue weighted by molar-refractivity contribution is 6.08. The number of ketones is 1. The van der Waals surface area contributed by atoms with Crippen molar-refractivity contribution >= 4 is 5.78 Å². The summed E-state index contributed by atoms with van der Waals surface area (Å²) in [6.45, 7) is 5.35. The number of rotatable bonds is 25. The molecule has 2 rings (SSSR count). The normalized spacial score (nSPS) is 11.3. The molecule has 0 radical (unpaired) electrons. The van der Waals surface area contributed by atoms with Crippen LogP contribution in [-0.2, 0) is 0 Å². The summed E-state index contributed by atoms with van der Waals surface area (Å²) in [7, 11) is 2.24. The van der Waals surface area contributed by atoms with Crippen molar-refractivity contribution in [1.29, 1.82) is 0 Å². The summed E-state index contributed by atoms with van der Waals surface area (Å²) >= 11 is 0. The molecular formula is C36H57NO2. The van der Waals surface area contributed by atoms with E-state index in [4.69, 9.17) is 4.74 Å². The minimum atomic E-state index is 0.0505. The van der Waals surface area contributed by atoms with Crippen molar-refractivity contribution in [3.63, 3.8) is 0 Å². The summed E-state index contributed by atoms with van der Waals surface area (Å²) in [5, 5.41) is 0. The molecule has 3 heteroatoms. The van der Waals surface area contributed by atoms with Crippen LogP contribution in [0.2, 0.25) is 0 Å². The van der Waals surface area contributed by atoms with Gasteiger partial charge in [0.15, 0.2) is 5.78 Å². The molecule has 0 aromatic heterocycles. The fraction of sp³-hybridized carbons (Fsp3) is 0.639. The molecule has 39 heavy (non-hydrogen) atoms. The standard InChI is InChI=1S/C36H57NO2/c1-3-4-5-6-7-8-9-10-11-12-13-14-15-16-17-21-30-37(2)31-22-23-32-39-35-28-26-34(27-29-35)36(38)33-24-19-18-20-25-33/h18-20,24-29H,3-17,21-23,30-32H2,1-2H3. The number of ether oxygens (including phenoxy) is 1. The van der Waals surface area contributed by atoms with Crippen LogP contribution in [0.1, 0.15) is 138 Å². The largest absolute Gasteiger partial charge is 0.494 e. The number of hydrogen-bond acceptors (Lipinski definition) is 3. The second-order valence-corrected chi connectivity index (χ2v) is 11.4. The van der Waals surface area contributed by atoms with Crippen LogP contribution in [0.25, 0.3) is 0 Å². The van der Waals surface area contributed by atoms with Crippen LogP contribution in [0.3, 0.4) is 0 Å². The van der Waals surface area contributed by atoms with E-state index in [0.29, 0.717) is 5.56 Å². The van der Waals surface area contributed by atoms with Crippen molar-refractivity contribution in [1.82, 2.24) is 4.90 Å². The van der Waals surface area contributed by atoms with Crippen molar-refractivity contribution < 1.29 is 9.53 Å². The third-order valence-electron chi connectivity index (χ3n) is 7.75. The van der Waals surface area contributed by atoms with E-state index in [1.807, 2.05) is 54.6 Å². The minimum Gasteiger partial charge on any atom is -0.494 e. The molecule has 0 atom stereocenters. The van der Waals surface area contributed by atoms with E-state index in [9.17, 15) is 4.79 Å². The average molecular weight is 536 g/mol. The Kier molecular flexibility index (Phi) is 19.2. The van der Waals surface area contributed by atoms with E-state index in [2.05, 4.69) is 18.9 Å². The molecule has 2 aromatic rings. The molecule has 0 unspecified atom stereocenters. The average Bonchev–Trinajstić information content (AvgIpc) is 2.97. The van der Waals surface area contributed by atoms with Gasteiger partial charge in [0.2, 0.25) is 0 Å². The summed E-state index contributed by atoms with van der Waals surface area (Å²) in [4.78, 5) is 15.0. The Balaban J connectivity index is 1.35. The Bertz CT molecular complexity index is 833. The van der Waals surface area contributed by atoms with E-state index in [-0.39, 0.29) is 5.78 Å². The summed E-state index contributed by atoms with van der Waals surface area (Å²) in [5.74, 6) is 0.885. The van der Waals surface area contributed by atoms with Crippen molar-refractivity contribution in [2.24, 2.45) is 0 Å². The summed E-state index contributed by atoms with van der Waals surface area (Å²) < 4.78 is 5.89. The van der Waals surface area contributed by atoms with E-state index in [0.717, 1.165) is 37.3 Å². The Morgan fingerprint density at radius 2 is 1.00 bits per heavy atom. The highest BCUT2D eigenvalue weighted by atomic mass is 16.5. The maximum Gasteiger partial charge on any atom is 0.193 e. The number of carbonyl (C=O) groups excluding carboxylic acids is 1. The predicted octanol–water partition coefficient (Wildman–Crippen LogP) is 10.3. The molecule has 0 bridgehead atoms. The Hall–Kier alpha value is -2.13. The third kappa shape index (κ3) is 16.5. The van der Waals surface area contributed by atoms with Gasteiger partial charge in [-0.25, -0.2) is 0 Å². The number of unbranched alkanes of at least 4 members (excludes halogenated alkanes) is 16. The molecule has 0 aliphatic heterocycles. The highest BCUT2D eigenvalue weighted by Gasteiger charge is 2.08. The van der Waals surface area contributed by atoms with Gasteiger partial charge in [-0.15, -0.1) is 0 Å². The summed E-state index contributed by atoms with van der Waals surface area (Å²) in [5.41, 5.74) is 1.42. The number of nitrogens with zero attached hydrogens (tertiary/aromatic N) is 1. The van der Waals surface area contributed by atoms with Crippen molar-refractivity contribution in [3.05, 3.63) is 65.7 Å². The van der Waals surface area contributed by atoms with Gasteiger partial charge in [0.05, 0.1) is 6.61 Å². The quantitative estimate of drug-likeness (QED) is 0.0935. The van der Waals surface area contributed by atoms with Crippen LogP contribution in [0.15, 0.2) is 54.6 Å². The van der Waals surface area contributed by atoms with Gasteiger partial charge in [-0.05, 0) is 63.7 Å². The molecule has 0 saturated carbocycles. The maximum absolute atomic E-state index is 12.5. The van der Waals surface area contributed by atoms with Gasteiger partial charge in [0.25, 0.3) is 0 Å². The molecule has 0 spiro atoms. The highest BCUT2D eigenvalue weighted by Crippen LogP contribution is 2.16. The first-order chi connectivity index (χ1) is 19.2. The summed E-state index contributed by atoms with van der Waals surface area (Å²) in [6.07, 6.45) is 25.0. The molecule has 0 heterocycles. The predicted molar refractivity (Wildman–Crippen MR) is 168 cm³/mol. The van der Waals surface area contributed by atoms with Crippen molar-refractivity contribution in [3.8, 4) is 5.75 Å². The first-order valence-electron chi connectivity index (χ1n) is 16.2. The molecule has 0 amide bonds. The van der Waals surface area contributed by atoms with Crippen LogP contribution >= 0.6 is 0 Å². The van der Waals surface area contributed by atoms with E-state index in [1.165, 1.54) is 109 Å². The lowest BCUT2D eigenvalue weighted by molar-refractivity contribution is 0.103. The minimum absolute atomic E-state index is 0.0505. The van der Waals surface area contributed by atoms with Gasteiger partial charge in [-0.2, -0.15) is 0 Å². The molecule has 3 nitrogen and oxygen atoms in total. The molecule has 0 aliphatic carbocycles. The lowest BCUT2D eigenvalue weighted by atomic mass is 10.0. The lowest BCUT2D eigenvalue weighted by Crippen LogP contribution is -2.21. The third-order valence-corrected chi connectivity index (χ3v) is 7.75. The fourth-order valence-corrected chi connectivity index (χ4v) is 5.17.